The summed E-state index contributed by atoms with van der Waals surface area (Å²) in [5.74, 6) is 0. The van der Waals surface area contributed by atoms with Gasteiger partial charge in [-0.15, -0.1) is 0 Å². The maximum Gasteiger partial charge on any atom is 0.0221 e. The van der Waals surface area contributed by atoms with Crippen molar-refractivity contribution in [3.63, 3.8) is 0 Å². The number of hydrogen-bond acceptors (Lipinski definition) is 2. The fourth-order valence-electron chi connectivity index (χ4n) is 1.02. The predicted molar refractivity (Wildman–Crippen MR) is 43.3 cm³/mol. The van der Waals surface area contributed by atoms with Crippen molar-refractivity contribution in [3.8, 4) is 0 Å². The minimum atomic E-state index is 1.12. The standard InChI is InChI=1S/2C4H8N/c2*1-2-4-5-3-1/h3,5H,1-2,4H2;1,5H,2-4H2. The molecule has 0 atom stereocenters. The second-order valence-electron chi connectivity index (χ2n) is 2.58. The molecular weight excluding hydrogens is 124 g/mol. The molecule has 2 aliphatic rings. The largest absolute Gasteiger partial charge is 0.316 e. The zero-order chi connectivity index (χ0) is 7.07. The first-order chi connectivity index (χ1) is 5.00. The molecule has 2 nitrogen and oxygen atoms in total. The zero-order valence-corrected chi connectivity index (χ0v) is 6.40. The van der Waals surface area contributed by atoms with Gasteiger partial charge in [0.25, 0.3) is 0 Å². The lowest BCUT2D eigenvalue weighted by Gasteiger charge is -1.76. The fraction of sp³-hybridized carbons (Fsp3) is 0.750. The first-order valence-corrected chi connectivity index (χ1v) is 4.07. The Labute approximate surface area is 63.4 Å². The normalized spacial score (nSPS) is 24.0. The molecule has 0 bridgehead atoms. The van der Waals surface area contributed by atoms with Crippen LogP contribution in [-0.4, -0.2) is 19.6 Å². The van der Waals surface area contributed by atoms with Crippen molar-refractivity contribution >= 4 is 0 Å². The van der Waals surface area contributed by atoms with Crippen LogP contribution in [0, 0.1) is 13.0 Å². The van der Waals surface area contributed by atoms with Gasteiger partial charge in [0.1, 0.15) is 0 Å². The lowest BCUT2D eigenvalue weighted by molar-refractivity contribution is 0.862. The molecule has 2 heteroatoms. The highest BCUT2D eigenvalue weighted by Crippen LogP contribution is 1.95. The summed E-state index contributed by atoms with van der Waals surface area (Å²) in [6.07, 6.45) is 6.11. The molecule has 2 saturated heterocycles. The minimum absolute atomic E-state index is 1.12. The van der Waals surface area contributed by atoms with E-state index in [4.69, 9.17) is 0 Å². The molecule has 0 aromatic heterocycles. The van der Waals surface area contributed by atoms with E-state index in [0.717, 1.165) is 6.54 Å². The van der Waals surface area contributed by atoms with Gasteiger partial charge in [0.15, 0.2) is 0 Å². The third-order valence-corrected chi connectivity index (χ3v) is 1.63. The summed E-state index contributed by atoms with van der Waals surface area (Å²) in [5, 5.41) is 6.26. The third kappa shape index (κ3) is 3.85. The van der Waals surface area contributed by atoms with Crippen LogP contribution in [0.2, 0.25) is 0 Å². The molecule has 2 fully saturated rings. The molecule has 2 radical (unpaired) electrons. The number of nitrogens with one attached hydrogen (secondary N) is 2. The van der Waals surface area contributed by atoms with Gasteiger partial charge in [-0.05, 0) is 45.3 Å². The van der Waals surface area contributed by atoms with Crippen LogP contribution in [0.5, 0.6) is 0 Å². The lowest BCUT2D eigenvalue weighted by atomic mass is 10.4. The van der Waals surface area contributed by atoms with Gasteiger partial charge in [-0.3, -0.25) is 0 Å². The third-order valence-electron chi connectivity index (χ3n) is 1.63. The maximum absolute atomic E-state index is 3.17. The molecular formula is C8H16N2. The van der Waals surface area contributed by atoms with Crippen molar-refractivity contribution in [3.05, 3.63) is 13.0 Å². The van der Waals surface area contributed by atoms with Crippen molar-refractivity contribution in [2.75, 3.05) is 19.6 Å². The van der Waals surface area contributed by atoms with Crippen LogP contribution in [0.25, 0.3) is 0 Å². The van der Waals surface area contributed by atoms with Gasteiger partial charge in [0, 0.05) is 6.54 Å². The summed E-state index contributed by atoms with van der Waals surface area (Å²) in [4.78, 5) is 0. The van der Waals surface area contributed by atoms with Crippen LogP contribution in [0.15, 0.2) is 0 Å². The Morgan fingerprint density at radius 1 is 1.10 bits per heavy atom. The molecule has 2 rings (SSSR count). The summed E-state index contributed by atoms with van der Waals surface area (Å²) in [5.41, 5.74) is 0. The van der Waals surface area contributed by atoms with E-state index in [1.807, 2.05) is 0 Å². The van der Waals surface area contributed by atoms with E-state index in [0.29, 0.717) is 0 Å². The van der Waals surface area contributed by atoms with Crippen molar-refractivity contribution in [2.24, 2.45) is 0 Å². The van der Waals surface area contributed by atoms with Crippen molar-refractivity contribution < 1.29 is 0 Å². The lowest BCUT2D eigenvalue weighted by Crippen LogP contribution is -2.03. The second kappa shape index (κ2) is 5.69. The molecule has 0 spiro atoms. The Morgan fingerprint density at radius 2 is 2.10 bits per heavy atom. The summed E-state index contributed by atoms with van der Waals surface area (Å²) >= 11 is 0. The van der Waals surface area contributed by atoms with Crippen LogP contribution in [-0.2, 0) is 0 Å². The van der Waals surface area contributed by atoms with E-state index in [1.54, 1.807) is 0 Å². The van der Waals surface area contributed by atoms with E-state index >= 15 is 0 Å². The van der Waals surface area contributed by atoms with Gasteiger partial charge < -0.3 is 10.6 Å². The zero-order valence-electron chi connectivity index (χ0n) is 6.40. The van der Waals surface area contributed by atoms with Crippen LogP contribution in [0.4, 0.5) is 0 Å². The minimum Gasteiger partial charge on any atom is -0.316 e. The van der Waals surface area contributed by atoms with Gasteiger partial charge in [0.2, 0.25) is 0 Å². The van der Waals surface area contributed by atoms with Gasteiger partial charge in [-0.2, -0.15) is 0 Å². The molecule has 0 aromatic rings. The smallest absolute Gasteiger partial charge is 0.0221 e. The van der Waals surface area contributed by atoms with Crippen LogP contribution in [0.3, 0.4) is 0 Å². The quantitative estimate of drug-likeness (QED) is 0.518. The Bertz CT molecular complexity index is 40.4. The number of rotatable bonds is 0. The van der Waals surface area contributed by atoms with E-state index in [-0.39, 0.29) is 0 Å². The van der Waals surface area contributed by atoms with Crippen LogP contribution in [0.1, 0.15) is 19.3 Å². The average Bonchev–Trinajstić information content (AvgIpc) is 2.67. The first-order valence-electron chi connectivity index (χ1n) is 4.07. The highest BCUT2D eigenvalue weighted by atomic mass is 14.9. The molecule has 0 aromatic carbocycles. The van der Waals surface area contributed by atoms with Crippen molar-refractivity contribution in [2.45, 2.75) is 19.3 Å². The predicted octanol–water partition coefficient (Wildman–Crippen LogP) is 0.716. The number of hydrogen-bond donors (Lipinski definition) is 2. The molecule has 0 amide bonds. The molecule has 2 N–H and O–H groups in total. The summed E-state index contributed by atoms with van der Waals surface area (Å²) in [7, 11) is 0. The van der Waals surface area contributed by atoms with Gasteiger partial charge in [-0.1, -0.05) is 0 Å². The molecule has 0 saturated carbocycles. The molecule has 58 valence electrons. The van der Waals surface area contributed by atoms with E-state index in [2.05, 4.69) is 23.6 Å². The molecule has 2 heterocycles. The topological polar surface area (TPSA) is 24.1 Å². The summed E-state index contributed by atoms with van der Waals surface area (Å²) in [6, 6.07) is 0. The van der Waals surface area contributed by atoms with E-state index in [9.17, 15) is 0 Å². The Balaban J connectivity index is 0.0000001000. The Morgan fingerprint density at radius 3 is 2.30 bits per heavy atom. The van der Waals surface area contributed by atoms with Crippen molar-refractivity contribution in [1.29, 1.82) is 0 Å². The van der Waals surface area contributed by atoms with Gasteiger partial charge >= 0.3 is 0 Å². The van der Waals surface area contributed by atoms with Crippen LogP contribution >= 0.6 is 0 Å². The van der Waals surface area contributed by atoms with Crippen LogP contribution < -0.4 is 10.6 Å². The highest BCUT2D eigenvalue weighted by molar-refractivity contribution is 4.75. The summed E-state index contributed by atoms with van der Waals surface area (Å²) < 4.78 is 0. The Kier molecular flexibility index (Phi) is 4.56. The van der Waals surface area contributed by atoms with Crippen molar-refractivity contribution in [1.82, 2.24) is 10.6 Å². The molecule has 0 unspecified atom stereocenters. The maximum atomic E-state index is 3.17. The molecule has 0 aliphatic carbocycles. The first kappa shape index (κ1) is 8.02. The van der Waals surface area contributed by atoms with E-state index in [1.165, 1.54) is 32.4 Å². The van der Waals surface area contributed by atoms with Gasteiger partial charge in [-0.25, -0.2) is 0 Å². The highest BCUT2D eigenvalue weighted by Gasteiger charge is 1.94. The fourth-order valence-corrected chi connectivity index (χ4v) is 1.02. The molecule has 2 aliphatic heterocycles. The summed E-state index contributed by atoms with van der Waals surface area (Å²) in [6.45, 7) is 5.62. The average molecular weight is 140 g/mol. The Hall–Kier alpha value is -0.0800. The van der Waals surface area contributed by atoms with Gasteiger partial charge in [0.05, 0.1) is 0 Å². The monoisotopic (exact) mass is 140 g/mol. The SMILES string of the molecule is [CH]1CCCN1.[CH]1CCNC1. The second-order valence-corrected chi connectivity index (χ2v) is 2.58. The molecule has 10 heavy (non-hydrogen) atoms. The van der Waals surface area contributed by atoms with E-state index < -0.39 is 0 Å².